The van der Waals surface area contributed by atoms with Crippen LogP contribution in [0.2, 0.25) is 0 Å². The number of piperidine rings is 1. The summed E-state index contributed by atoms with van der Waals surface area (Å²) in [4.78, 5) is 6.13. The zero-order valence-corrected chi connectivity index (χ0v) is 18.9. The van der Waals surface area contributed by atoms with Gasteiger partial charge in [-0.25, -0.2) is 4.98 Å². The van der Waals surface area contributed by atoms with Gasteiger partial charge in [0.1, 0.15) is 5.82 Å². The Labute approximate surface area is 187 Å². The Balaban J connectivity index is 0.000000222. The lowest BCUT2D eigenvalue weighted by Crippen LogP contribution is -2.36. The van der Waals surface area contributed by atoms with E-state index in [4.69, 9.17) is 10.5 Å². The Kier molecular flexibility index (Phi) is 8.53. The number of alkyl halides is 3. The first kappa shape index (κ1) is 24.5. The maximum Gasteiger partial charge on any atom is 0.419 e. The van der Waals surface area contributed by atoms with Gasteiger partial charge in [0.25, 0.3) is 0 Å². The van der Waals surface area contributed by atoms with Gasteiger partial charge in [-0.2, -0.15) is 18.3 Å². The standard InChI is InChI=1S/C14H15F3N4.C9H19NO/c15-14(16,17)11-6-10(7-19-13(11)18)12-4-5-21(20-12)8-9-2-1-3-9;1-9-4-3-5-10(8-9)6-7-11-2/h4-7,9H,1-3,8H2,(H2,18,19);9H,3-8H2,1-2H3. The summed E-state index contributed by atoms with van der Waals surface area (Å²) in [5, 5.41) is 4.32. The third-order valence-electron chi connectivity index (χ3n) is 6.18. The van der Waals surface area contributed by atoms with Crippen molar-refractivity contribution in [2.45, 2.75) is 51.7 Å². The predicted octanol–water partition coefficient (Wildman–Crippen LogP) is 4.71. The fraction of sp³-hybridized carbons (Fsp3) is 0.652. The van der Waals surface area contributed by atoms with Crippen molar-refractivity contribution in [3.8, 4) is 11.3 Å². The smallest absolute Gasteiger partial charge is 0.383 e. The van der Waals surface area contributed by atoms with Gasteiger partial charge in [-0.15, -0.1) is 0 Å². The van der Waals surface area contributed by atoms with Crippen molar-refractivity contribution < 1.29 is 17.9 Å². The molecule has 0 radical (unpaired) electrons. The molecule has 1 unspecified atom stereocenters. The molecule has 0 aromatic carbocycles. The van der Waals surface area contributed by atoms with E-state index in [0.29, 0.717) is 17.2 Å². The van der Waals surface area contributed by atoms with Crippen LogP contribution in [0.5, 0.6) is 0 Å². The highest BCUT2D eigenvalue weighted by Gasteiger charge is 2.34. The van der Waals surface area contributed by atoms with Crippen LogP contribution in [-0.4, -0.2) is 53.0 Å². The minimum Gasteiger partial charge on any atom is -0.383 e. The number of rotatable bonds is 6. The van der Waals surface area contributed by atoms with Crippen molar-refractivity contribution in [1.29, 1.82) is 0 Å². The normalized spacial score (nSPS) is 19.8. The number of ether oxygens (including phenoxy) is 1. The molecule has 0 spiro atoms. The Morgan fingerprint density at radius 1 is 1.22 bits per heavy atom. The third-order valence-corrected chi connectivity index (χ3v) is 6.18. The number of aromatic nitrogens is 3. The van der Waals surface area contributed by atoms with Crippen LogP contribution < -0.4 is 5.73 Å². The number of halogens is 3. The molecule has 0 amide bonds. The molecule has 2 fully saturated rings. The van der Waals surface area contributed by atoms with Gasteiger partial charge in [0, 0.05) is 44.7 Å². The Morgan fingerprint density at radius 2 is 2.00 bits per heavy atom. The monoisotopic (exact) mass is 453 g/mol. The molecular formula is C23H34F3N5O. The summed E-state index contributed by atoms with van der Waals surface area (Å²) in [5.74, 6) is 1.01. The van der Waals surface area contributed by atoms with Crippen molar-refractivity contribution in [3.63, 3.8) is 0 Å². The van der Waals surface area contributed by atoms with Crippen molar-refractivity contribution in [3.05, 3.63) is 30.1 Å². The lowest BCUT2D eigenvalue weighted by molar-refractivity contribution is -0.137. The minimum absolute atomic E-state index is 0.323. The predicted molar refractivity (Wildman–Crippen MR) is 119 cm³/mol. The zero-order valence-electron chi connectivity index (χ0n) is 18.9. The van der Waals surface area contributed by atoms with Crippen LogP contribution in [0.3, 0.4) is 0 Å². The molecule has 6 nitrogen and oxygen atoms in total. The number of hydrogen-bond acceptors (Lipinski definition) is 5. The van der Waals surface area contributed by atoms with E-state index in [1.165, 1.54) is 51.4 Å². The van der Waals surface area contributed by atoms with Gasteiger partial charge < -0.3 is 15.4 Å². The highest BCUT2D eigenvalue weighted by molar-refractivity contribution is 5.61. The number of nitrogens with two attached hydrogens (primary N) is 1. The quantitative estimate of drug-likeness (QED) is 0.686. The minimum atomic E-state index is -4.51. The van der Waals surface area contributed by atoms with E-state index in [2.05, 4.69) is 21.9 Å². The van der Waals surface area contributed by atoms with Gasteiger partial charge in [-0.3, -0.25) is 4.68 Å². The van der Waals surface area contributed by atoms with Crippen LogP contribution in [-0.2, 0) is 17.5 Å². The molecule has 0 bridgehead atoms. The molecule has 2 aliphatic rings. The maximum atomic E-state index is 12.8. The molecule has 3 heterocycles. The number of likely N-dealkylation sites (tertiary alicyclic amines) is 1. The number of methoxy groups -OCH3 is 1. The number of nitrogen functional groups attached to an aromatic ring is 1. The maximum absolute atomic E-state index is 12.8. The summed E-state index contributed by atoms with van der Waals surface area (Å²) in [7, 11) is 1.77. The fourth-order valence-electron chi connectivity index (χ4n) is 4.11. The molecule has 32 heavy (non-hydrogen) atoms. The Hall–Kier alpha value is -2.13. The molecule has 2 aromatic rings. The molecule has 2 N–H and O–H groups in total. The van der Waals surface area contributed by atoms with Crippen LogP contribution in [0, 0.1) is 11.8 Å². The Bertz CT molecular complexity index is 850. The van der Waals surface area contributed by atoms with E-state index in [1.807, 2.05) is 0 Å². The van der Waals surface area contributed by atoms with E-state index >= 15 is 0 Å². The van der Waals surface area contributed by atoms with Crippen molar-refractivity contribution in [2.24, 2.45) is 11.8 Å². The second kappa shape index (κ2) is 11.1. The van der Waals surface area contributed by atoms with Gasteiger partial charge in [0.2, 0.25) is 0 Å². The van der Waals surface area contributed by atoms with Gasteiger partial charge in [0.15, 0.2) is 0 Å². The highest BCUT2D eigenvalue weighted by atomic mass is 19.4. The average molecular weight is 454 g/mol. The Morgan fingerprint density at radius 3 is 2.62 bits per heavy atom. The van der Waals surface area contributed by atoms with Crippen molar-refractivity contribution in [2.75, 3.05) is 39.1 Å². The molecular weight excluding hydrogens is 419 g/mol. The molecule has 1 atom stereocenters. The van der Waals surface area contributed by atoms with Gasteiger partial charge >= 0.3 is 6.18 Å². The molecule has 178 valence electrons. The second-order valence-electron chi connectivity index (χ2n) is 8.92. The van der Waals surface area contributed by atoms with Gasteiger partial charge in [0.05, 0.1) is 17.9 Å². The molecule has 2 aromatic heterocycles. The zero-order chi connectivity index (χ0) is 23.1. The molecule has 1 aliphatic carbocycles. The van der Waals surface area contributed by atoms with Gasteiger partial charge in [-0.1, -0.05) is 13.3 Å². The molecule has 9 heteroatoms. The van der Waals surface area contributed by atoms with Crippen LogP contribution in [0.4, 0.5) is 19.0 Å². The molecule has 1 saturated carbocycles. The van der Waals surface area contributed by atoms with Crippen LogP contribution >= 0.6 is 0 Å². The SMILES string of the molecule is COCCN1CCCC(C)C1.Nc1ncc(-c2ccn(CC3CCC3)n2)cc1C(F)(F)F. The van der Waals surface area contributed by atoms with Crippen LogP contribution in [0.1, 0.15) is 44.6 Å². The van der Waals surface area contributed by atoms with Crippen LogP contribution in [0.15, 0.2) is 24.5 Å². The lowest BCUT2D eigenvalue weighted by Gasteiger charge is -2.30. The highest BCUT2D eigenvalue weighted by Crippen LogP contribution is 2.35. The number of anilines is 1. The number of pyridine rings is 1. The largest absolute Gasteiger partial charge is 0.419 e. The third kappa shape index (κ3) is 6.93. The van der Waals surface area contributed by atoms with E-state index in [9.17, 15) is 13.2 Å². The summed E-state index contributed by atoms with van der Waals surface area (Å²) >= 11 is 0. The number of hydrogen-bond donors (Lipinski definition) is 1. The average Bonchev–Trinajstić information content (AvgIpc) is 3.18. The van der Waals surface area contributed by atoms with E-state index in [1.54, 1.807) is 24.1 Å². The van der Waals surface area contributed by atoms with Crippen LogP contribution in [0.25, 0.3) is 11.3 Å². The lowest BCUT2D eigenvalue weighted by atomic mass is 9.85. The topological polar surface area (TPSA) is 69.2 Å². The van der Waals surface area contributed by atoms with E-state index in [0.717, 1.165) is 31.7 Å². The summed E-state index contributed by atoms with van der Waals surface area (Å²) in [6, 6.07) is 2.70. The summed E-state index contributed by atoms with van der Waals surface area (Å²) in [6.07, 6.45) is 5.00. The van der Waals surface area contributed by atoms with E-state index < -0.39 is 17.6 Å². The van der Waals surface area contributed by atoms with Gasteiger partial charge in [-0.05, 0) is 56.2 Å². The fourth-order valence-corrected chi connectivity index (χ4v) is 4.11. The molecule has 1 aliphatic heterocycles. The first-order chi connectivity index (χ1) is 15.3. The number of nitrogens with zero attached hydrogens (tertiary/aromatic N) is 4. The van der Waals surface area contributed by atoms with Crippen molar-refractivity contribution in [1.82, 2.24) is 19.7 Å². The first-order valence-electron chi connectivity index (χ1n) is 11.3. The van der Waals surface area contributed by atoms with E-state index in [-0.39, 0.29) is 0 Å². The molecule has 1 saturated heterocycles. The van der Waals surface area contributed by atoms with Crippen molar-refractivity contribution >= 4 is 5.82 Å². The summed E-state index contributed by atoms with van der Waals surface area (Å²) in [6.45, 7) is 7.68. The second-order valence-corrected chi connectivity index (χ2v) is 8.92. The first-order valence-corrected chi connectivity index (χ1v) is 11.3. The molecule has 4 rings (SSSR count). The summed E-state index contributed by atoms with van der Waals surface area (Å²) < 4.78 is 45.3. The summed E-state index contributed by atoms with van der Waals surface area (Å²) in [5.41, 5.74) is 5.17.